The zero-order valence-corrected chi connectivity index (χ0v) is 13.4. The van der Waals surface area contributed by atoms with Crippen LogP contribution in [0.15, 0.2) is 16.8 Å². The fraction of sp³-hybridized carbons (Fsp3) is 0.688. The third-order valence-electron chi connectivity index (χ3n) is 3.98. The molecule has 2 rings (SSSR count). The van der Waals surface area contributed by atoms with Crippen LogP contribution < -0.4 is 0 Å². The van der Waals surface area contributed by atoms with E-state index in [2.05, 4.69) is 16.8 Å². The van der Waals surface area contributed by atoms with E-state index in [4.69, 9.17) is 9.47 Å². The summed E-state index contributed by atoms with van der Waals surface area (Å²) in [5, 5.41) is 13.4. The van der Waals surface area contributed by atoms with Crippen molar-refractivity contribution < 1.29 is 19.4 Å². The summed E-state index contributed by atoms with van der Waals surface area (Å²) in [7, 11) is 0. The number of hydrogen-bond donors (Lipinski definition) is 1. The van der Waals surface area contributed by atoms with Gasteiger partial charge >= 0.3 is 5.97 Å². The van der Waals surface area contributed by atoms with Gasteiger partial charge in [-0.15, -0.1) is 0 Å². The normalized spacial score (nSPS) is 24.1. The molecule has 0 bridgehead atoms. The molecule has 5 heteroatoms. The van der Waals surface area contributed by atoms with E-state index in [1.807, 2.05) is 6.92 Å². The van der Waals surface area contributed by atoms with Gasteiger partial charge in [-0.3, -0.25) is 0 Å². The van der Waals surface area contributed by atoms with Crippen LogP contribution in [0.25, 0.3) is 0 Å². The number of carbonyl (C=O) groups is 1. The Labute approximate surface area is 130 Å². The van der Waals surface area contributed by atoms with Gasteiger partial charge in [0, 0.05) is 6.61 Å². The molecule has 2 unspecified atom stereocenters. The van der Waals surface area contributed by atoms with E-state index in [0.717, 1.165) is 38.7 Å². The molecule has 0 aliphatic carbocycles. The minimum Gasteiger partial charge on any atom is -0.479 e. The third-order valence-corrected chi connectivity index (χ3v) is 4.72. The first kappa shape index (κ1) is 16.5. The summed E-state index contributed by atoms with van der Waals surface area (Å²) in [4.78, 5) is 11.2. The van der Waals surface area contributed by atoms with Crippen molar-refractivity contribution in [1.29, 1.82) is 0 Å². The van der Waals surface area contributed by atoms with Crippen molar-refractivity contribution in [2.45, 2.75) is 63.8 Å². The largest absolute Gasteiger partial charge is 0.479 e. The lowest BCUT2D eigenvalue weighted by atomic mass is 9.96. The molecule has 1 aromatic heterocycles. The molecule has 2 heterocycles. The molecule has 0 amide bonds. The smallest absolute Gasteiger partial charge is 0.338 e. The lowest BCUT2D eigenvalue weighted by Gasteiger charge is -2.07. The standard InChI is InChI=1S/C16H24O4S/c1-2-14-16(20-14,15(17)18)8-5-3-4-6-9-19-11-13-7-10-21-12-13/h7,10,12,14H,2-6,8-9,11H2,1H3,(H,17,18). The lowest BCUT2D eigenvalue weighted by molar-refractivity contribution is -0.143. The molecular weight excluding hydrogens is 288 g/mol. The molecule has 1 aliphatic heterocycles. The van der Waals surface area contributed by atoms with Crippen LogP contribution >= 0.6 is 11.3 Å². The second-order valence-corrected chi connectivity index (χ2v) is 6.34. The van der Waals surface area contributed by atoms with Crippen LogP contribution in [0.5, 0.6) is 0 Å². The van der Waals surface area contributed by atoms with Gasteiger partial charge in [-0.1, -0.05) is 19.8 Å². The maximum Gasteiger partial charge on any atom is 0.338 e. The molecule has 118 valence electrons. The van der Waals surface area contributed by atoms with Crippen molar-refractivity contribution in [2.24, 2.45) is 0 Å². The SMILES string of the molecule is CCC1OC1(CCCCCCOCc1ccsc1)C(=O)O. The van der Waals surface area contributed by atoms with Crippen LogP contribution in [0, 0.1) is 0 Å². The van der Waals surface area contributed by atoms with Crippen LogP contribution in [0.1, 0.15) is 51.0 Å². The van der Waals surface area contributed by atoms with E-state index >= 15 is 0 Å². The number of hydrogen-bond acceptors (Lipinski definition) is 4. The number of epoxide rings is 1. The maximum absolute atomic E-state index is 11.2. The Morgan fingerprint density at radius 3 is 2.86 bits per heavy atom. The Morgan fingerprint density at radius 1 is 1.43 bits per heavy atom. The predicted octanol–water partition coefficient (Wildman–Crippen LogP) is 3.85. The number of ether oxygens (including phenoxy) is 2. The molecule has 1 saturated heterocycles. The zero-order valence-electron chi connectivity index (χ0n) is 12.5. The van der Waals surface area contributed by atoms with E-state index < -0.39 is 11.6 Å². The van der Waals surface area contributed by atoms with E-state index in [9.17, 15) is 9.90 Å². The second kappa shape index (κ2) is 7.92. The van der Waals surface area contributed by atoms with E-state index in [1.54, 1.807) is 11.3 Å². The highest BCUT2D eigenvalue weighted by Gasteiger charge is 2.61. The van der Waals surface area contributed by atoms with Crippen molar-refractivity contribution in [3.8, 4) is 0 Å². The third kappa shape index (κ3) is 4.53. The fourth-order valence-corrected chi connectivity index (χ4v) is 3.31. The summed E-state index contributed by atoms with van der Waals surface area (Å²) in [6.07, 6.45) is 5.39. The fourth-order valence-electron chi connectivity index (χ4n) is 2.66. The van der Waals surface area contributed by atoms with Gasteiger partial charge in [0.15, 0.2) is 5.60 Å². The van der Waals surface area contributed by atoms with Gasteiger partial charge in [0.1, 0.15) is 0 Å². The molecular formula is C16H24O4S. The van der Waals surface area contributed by atoms with E-state index in [0.29, 0.717) is 13.0 Å². The number of carboxylic acids is 1. The number of thiophene rings is 1. The molecule has 0 aromatic carbocycles. The number of rotatable bonds is 11. The van der Waals surface area contributed by atoms with Crippen LogP contribution in [0.4, 0.5) is 0 Å². The highest BCUT2D eigenvalue weighted by atomic mass is 32.1. The van der Waals surface area contributed by atoms with Crippen LogP contribution in [0.2, 0.25) is 0 Å². The van der Waals surface area contributed by atoms with Gasteiger partial charge in [-0.25, -0.2) is 4.79 Å². The summed E-state index contributed by atoms with van der Waals surface area (Å²) in [6.45, 7) is 3.44. The van der Waals surface area contributed by atoms with Gasteiger partial charge in [0.25, 0.3) is 0 Å². The average Bonchev–Trinajstić information content (AvgIpc) is 2.96. The summed E-state index contributed by atoms with van der Waals surface area (Å²) in [5.41, 5.74) is 0.365. The van der Waals surface area contributed by atoms with Gasteiger partial charge < -0.3 is 14.6 Å². The van der Waals surface area contributed by atoms with Crippen LogP contribution in [-0.2, 0) is 20.9 Å². The first-order chi connectivity index (χ1) is 10.2. The minimum atomic E-state index is -0.871. The maximum atomic E-state index is 11.2. The monoisotopic (exact) mass is 312 g/mol. The zero-order chi connectivity index (χ0) is 15.1. The molecule has 1 fully saturated rings. The van der Waals surface area contributed by atoms with Crippen molar-refractivity contribution in [1.82, 2.24) is 0 Å². The topological polar surface area (TPSA) is 59.1 Å². The quantitative estimate of drug-likeness (QED) is 0.498. The van der Waals surface area contributed by atoms with Crippen molar-refractivity contribution >= 4 is 17.3 Å². The number of unbranched alkanes of at least 4 members (excludes halogenated alkanes) is 3. The van der Waals surface area contributed by atoms with Gasteiger partial charge in [-0.05, 0) is 48.1 Å². The Kier molecular flexibility index (Phi) is 6.21. The summed E-state index contributed by atoms with van der Waals surface area (Å²) >= 11 is 1.69. The van der Waals surface area contributed by atoms with Gasteiger partial charge in [-0.2, -0.15) is 11.3 Å². The van der Waals surface area contributed by atoms with E-state index in [-0.39, 0.29) is 6.10 Å². The lowest BCUT2D eigenvalue weighted by Crippen LogP contribution is -2.26. The molecule has 0 spiro atoms. The average molecular weight is 312 g/mol. The molecule has 21 heavy (non-hydrogen) atoms. The first-order valence-corrected chi connectivity index (χ1v) is 8.63. The van der Waals surface area contributed by atoms with Crippen LogP contribution in [0.3, 0.4) is 0 Å². The Morgan fingerprint density at radius 2 is 2.24 bits per heavy atom. The number of aliphatic carboxylic acids is 1. The minimum absolute atomic E-state index is 0.0797. The summed E-state index contributed by atoms with van der Waals surface area (Å²) in [5.74, 6) is -0.798. The van der Waals surface area contributed by atoms with Gasteiger partial charge in [0.2, 0.25) is 0 Å². The molecule has 1 N–H and O–H groups in total. The van der Waals surface area contributed by atoms with Crippen molar-refractivity contribution in [3.05, 3.63) is 22.4 Å². The summed E-state index contributed by atoms with van der Waals surface area (Å²) < 4.78 is 11.0. The Balaban J connectivity index is 1.48. The highest BCUT2D eigenvalue weighted by molar-refractivity contribution is 7.07. The Hall–Kier alpha value is -0.910. The van der Waals surface area contributed by atoms with Crippen molar-refractivity contribution in [3.63, 3.8) is 0 Å². The first-order valence-electron chi connectivity index (χ1n) is 7.69. The molecule has 1 aliphatic rings. The van der Waals surface area contributed by atoms with Crippen LogP contribution in [-0.4, -0.2) is 29.4 Å². The molecule has 2 atom stereocenters. The molecule has 0 saturated carbocycles. The predicted molar refractivity (Wildman–Crippen MR) is 82.6 cm³/mol. The molecule has 4 nitrogen and oxygen atoms in total. The Bertz CT molecular complexity index is 431. The summed E-state index contributed by atoms with van der Waals surface area (Å²) in [6, 6.07) is 2.08. The molecule has 0 radical (unpaired) electrons. The van der Waals surface area contributed by atoms with Gasteiger partial charge in [0.05, 0.1) is 12.7 Å². The molecule has 1 aromatic rings. The highest BCUT2D eigenvalue weighted by Crippen LogP contribution is 2.43. The number of carboxylic acid groups (broad SMARTS) is 1. The second-order valence-electron chi connectivity index (χ2n) is 5.56. The van der Waals surface area contributed by atoms with Crippen molar-refractivity contribution in [2.75, 3.05) is 6.61 Å². The van der Waals surface area contributed by atoms with E-state index in [1.165, 1.54) is 5.56 Å².